The van der Waals surface area contributed by atoms with E-state index in [-0.39, 0.29) is 59.7 Å². The highest BCUT2D eigenvalue weighted by Gasteiger charge is 2.27. The molecular weight excluding hydrogens is 431 g/mol. The molecule has 1 fully saturated rings. The van der Waals surface area contributed by atoms with E-state index < -0.39 is 21.6 Å². The summed E-state index contributed by atoms with van der Waals surface area (Å²) in [7, 11) is -3.55. The van der Waals surface area contributed by atoms with Crippen molar-refractivity contribution in [3.63, 3.8) is 0 Å². The number of rotatable bonds is 5. The number of nitrogens with zero attached hydrogens (tertiary/aromatic N) is 2. The molecule has 0 radical (unpaired) electrons. The highest BCUT2D eigenvalue weighted by Crippen LogP contribution is 2.18. The van der Waals surface area contributed by atoms with Crippen molar-refractivity contribution in [2.45, 2.75) is 18.2 Å². The molecule has 3 rings (SSSR count). The van der Waals surface area contributed by atoms with Crippen LogP contribution in [0.4, 0.5) is 4.39 Å². The Labute approximate surface area is 180 Å². The van der Waals surface area contributed by atoms with Crippen LogP contribution in [0.2, 0.25) is 5.02 Å². The summed E-state index contributed by atoms with van der Waals surface area (Å²) in [6, 6.07) is 10.3. The first kappa shape index (κ1) is 22.2. The minimum Gasteiger partial charge on any atom is -0.339 e. The van der Waals surface area contributed by atoms with Gasteiger partial charge in [0.15, 0.2) is 9.84 Å². The van der Waals surface area contributed by atoms with Crippen LogP contribution >= 0.6 is 11.6 Å². The van der Waals surface area contributed by atoms with Crippen LogP contribution in [0.15, 0.2) is 47.4 Å². The third kappa shape index (κ3) is 5.17. The van der Waals surface area contributed by atoms with Gasteiger partial charge in [-0.1, -0.05) is 29.3 Å². The molecule has 9 heteroatoms. The van der Waals surface area contributed by atoms with Crippen molar-refractivity contribution in [2.75, 3.05) is 31.9 Å². The van der Waals surface area contributed by atoms with Gasteiger partial charge in [-0.3, -0.25) is 9.59 Å². The smallest absolute Gasteiger partial charge is 0.257 e. The second kappa shape index (κ2) is 9.14. The standard InChI is InChI=1S/C21H22ClFN2O4S/c1-15-2-5-17(6-3-15)30(28,29)13-8-20(26)24-9-11-25(12-10-24)21(27)18-14-16(22)4-7-19(18)23/h2-7,14H,8-13H2,1H3. The second-order valence-corrected chi connectivity index (χ2v) is 9.72. The van der Waals surface area contributed by atoms with E-state index in [0.29, 0.717) is 0 Å². The molecule has 1 heterocycles. The summed E-state index contributed by atoms with van der Waals surface area (Å²) in [6.45, 7) is 2.86. The van der Waals surface area contributed by atoms with Gasteiger partial charge in [0.25, 0.3) is 5.91 Å². The van der Waals surface area contributed by atoms with Gasteiger partial charge in [0.2, 0.25) is 5.91 Å². The van der Waals surface area contributed by atoms with Gasteiger partial charge in [-0.15, -0.1) is 0 Å². The summed E-state index contributed by atoms with van der Waals surface area (Å²) in [6.07, 6.45) is -0.132. The molecule has 0 bridgehead atoms. The number of halogens is 2. The monoisotopic (exact) mass is 452 g/mol. The van der Waals surface area contributed by atoms with Gasteiger partial charge in [0.1, 0.15) is 5.82 Å². The van der Waals surface area contributed by atoms with Crippen LogP contribution in [0, 0.1) is 12.7 Å². The fraction of sp³-hybridized carbons (Fsp3) is 0.333. The van der Waals surface area contributed by atoms with E-state index in [1.165, 1.54) is 34.1 Å². The van der Waals surface area contributed by atoms with Crippen LogP contribution in [0.5, 0.6) is 0 Å². The molecule has 0 saturated carbocycles. The third-order valence-electron chi connectivity index (χ3n) is 5.04. The van der Waals surface area contributed by atoms with Crippen LogP contribution in [0.1, 0.15) is 22.3 Å². The fourth-order valence-electron chi connectivity index (χ4n) is 3.23. The first-order chi connectivity index (χ1) is 14.2. The van der Waals surface area contributed by atoms with Crippen molar-refractivity contribution in [3.8, 4) is 0 Å². The molecule has 0 spiro atoms. The molecule has 0 aromatic heterocycles. The molecule has 2 amide bonds. The molecule has 0 unspecified atom stereocenters. The van der Waals surface area contributed by atoms with Crippen molar-refractivity contribution in [1.29, 1.82) is 0 Å². The van der Waals surface area contributed by atoms with Crippen LogP contribution in [-0.4, -0.2) is 62.0 Å². The molecule has 6 nitrogen and oxygen atoms in total. The predicted molar refractivity (Wildman–Crippen MR) is 112 cm³/mol. The molecular formula is C21H22ClFN2O4S. The maximum atomic E-state index is 13.9. The summed E-state index contributed by atoms with van der Waals surface area (Å²) < 4.78 is 38.8. The molecule has 2 aromatic rings. The Kier molecular flexibility index (Phi) is 6.77. The average molecular weight is 453 g/mol. The normalized spacial score (nSPS) is 14.6. The average Bonchev–Trinajstić information content (AvgIpc) is 2.74. The highest BCUT2D eigenvalue weighted by atomic mass is 35.5. The maximum Gasteiger partial charge on any atom is 0.257 e. The van der Waals surface area contributed by atoms with Crippen molar-refractivity contribution >= 4 is 33.3 Å². The SMILES string of the molecule is Cc1ccc(S(=O)(=O)CCC(=O)N2CCN(C(=O)c3cc(Cl)ccc3F)CC2)cc1. The number of hydrogen-bond donors (Lipinski definition) is 0. The number of carbonyl (C=O) groups excluding carboxylic acids is 2. The minimum absolute atomic E-state index is 0.105. The predicted octanol–water partition coefficient (Wildman–Crippen LogP) is 2.94. The van der Waals surface area contributed by atoms with E-state index in [4.69, 9.17) is 11.6 Å². The summed E-state index contributed by atoms with van der Waals surface area (Å²) in [5.74, 6) is -1.69. The summed E-state index contributed by atoms with van der Waals surface area (Å²) in [5.41, 5.74) is 0.849. The van der Waals surface area contributed by atoms with E-state index in [1.54, 1.807) is 12.1 Å². The van der Waals surface area contributed by atoms with E-state index in [1.807, 2.05) is 6.92 Å². The van der Waals surface area contributed by atoms with Gasteiger partial charge < -0.3 is 9.80 Å². The Hall–Kier alpha value is -2.45. The number of piperazine rings is 1. The summed E-state index contributed by atoms with van der Waals surface area (Å²) in [4.78, 5) is 28.2. The highest BCUT2D eigenvalue weighted by molar-refractivity contribution is 7.91. The molecule has 1 saturated heterocycles. The van der Waals surface area contributed by atoms with Gasteiger partial charge in [-0.25, -0.2) is 12.8 Å². The largest absolute Gasteiger partial charge is 0.339 e. The van der Waals surface area contributed by atoms with Gasteiger partial charge in [0, 0.05) is 37.6 Å². The van der Waals surface area contributed by atoms with Crippen LogP contribution in [-0.2, 0) is 14.6 Å². The second-order valence-electron chi connectivity index (χ2n) is 7.18. The first-order valence-corrected chi connectivity index (χ1v) is 11.5. The number of carbonyl (C=O) groups is 2. The number of aryl methyl sites for hydroxylation is 1. The van der Waals surface area contributed by atoms with Gasteiger partial charge in [0.05, 0.1) is 16.2 Å². The lowest BCUT2D eigenvalue weighted by molar-refractivity contribution is -0.132. The van der Waals surface area contributed by atoms with Crippen molar-refractivity contribution in [1.82, 2.24) is 9.80 Å². The van der Waals surface area contributed by atoms with Gasteiger partial charge >= 0.3 is 0 Å². The maximum absolute atomic E-state index is 13.9. The molecule has 0 atom stereocenters. The molecule has 2 aromatic carbocycles. The number of sulfone groups is 1. The zero-order valence-corrected chi connectivity index (χ0v) is 18.0. The number of benzene rings is 2. The third-order valence-corrected chi connectivity index (χ3v) is 7.01. The Morgan fingerprint density at radius 2 is 1.60 bits per heavy atom. The molecule has 160 valence electrons. The van der Waals surface area contributed by atoms with Crippen LogP contribution in [0.3, 0.4) is 0 Å². The van der Waals surface area contributed by atoms with Crippen molar-refractivity contribution in [3.05, 3.63) is 64.4 Å². The zero-order chi connectivity index (χ0) is 21.9. The number of hydrogen-bond acceptors (Lipinski definition) is 4. The Morgan fingerprint density at radius 3 is 2.23 bits per heavy atom. The van der Waals surface area contributed by atoms with E-state index in [0.717, 1.165) is 11.6 Å². The Bertz CT molecular complexity index is 1050. The molecule has 1 aliphatic rings. The van der Waals surface area contributed by atoms with E-state index in [2.05, 4.69) is 0 Å². The lowest BCUT2D eigenvalue weighted by Gasteiger charge is -2.35. The lowest BCUT2D eigenvalue weighted by atomic mass is 10.1. The Balaban J connectivity index is 1.54. The lowest BCUT2D eigenvalue weighted by Crippen LogP contribution is -2.51. The number of amides is 2. The van der Waals surface area contributed by atoms with Gasteiger partial charge in [-0.2, -0.15) is 0 Å². The Morgan fingerprint density at radius 1 is 1.00 bits per heavy atom. The zero-order valence-electron chi connectivity index (χ0n) is 16.5. The van der Waals surface area contributed by atoms with Gasteiger partial charge in [-0.05, 0) is 37.3 Å². The van der Waals surface area contributed by atoms with Crippen LogP contribution < -0.4 is 0 Å². The molecule has 0 N–H and O–H groups in total. The minimum atomic E-state index is -3.55. The van der Waals surface area contributed by atoms with E-state index in [9.17, 15) is 22.4 Å². The summed E-state index contributed by atoms with van der Waals surface area (Å²) in [5, 5.41) is 0.267. The molecule has 30 heavy (non-hydrogen) atoms. The molecule has 0 aliphatic carbocycles. The quantitative estimate of drug-likeness (QED) is 0.699. The van der Waals surface area contributed by atoms with Crippen molar-refractivity contribution < 1.29 is 22.4 Å². The van der Waals surface area contributed by atoms with Crippen molar-refractivity contribution in [2.24, 2.45) is 0 Å². The molecule has 1 aliphatic heterocycles. The fourth-order valence-corrected chi connectivity index (χ4v) is 4.64. The van der Waals surface area contributed by atoms with E-state index >= 15 is 0 Å². The van der Waals surface area contributed by atoms with Crippen LogP contribution in [0.25, 0.3) is 0 Å². The first-order valence-electron chi connectivity index (χ1n) is 9.49. The summed E-state index contributed by atoms with van der Waals surface area (Å²) >= 11 is 5.85. The topological polar surface area (TPSA) is 74.8 Å².